The monoisotopic (exact) mass is 181 g/mol. The molecule has 0 aliphatic carbocycles. The van der Waals surface area contributed by atoms with E-state index in [-0.39, 0.29) is 0 Å². The summed E-state index contributed by atoms with van der Waals surface area (Å²) in [5.41, 5.74) is 0.395. The normalized spacial score (nSPS) is 11.2. The Morgan fingerprint density at radius 2 is 1.77 bits per heavy atom. The van der Waals surface area contributed by atoms with Gasteiger partial charge in [0.1, 0.15) is 0 Å². The van der Waals surface area contributed by atoms with Gasteiger partial charge in [0.25, 0.3) is 0 Å². The van der Waals surface area contributed by atoms with Gasteiger partial charge in [0.05, 0.1) is 0 Å². The summed E-state index contributed by atoms with van der Waals surface area (Å²) < 4.78 is 0. The molecule has 0 aliphatic heterocycles. The maximum absolute atomic E-state index is 3.83. The van der Waals surface area contributed by atoms with Crippen LogP contribution in [0.5, 0.6) is 0 Å². The second-order valence-corrected chi connectivity index (χ2v) is 3.69. The summed E-state index contributed by atoms with van der Waals surface area (Å²) in [7, 11) is 2.00. The maximum Gasteiger partial charge on any atom is -0.00464 e. The number of rotatable bonds is 8. The Morgan fingerprint density at radius 3 is 2.08 bits per heavy atom. The molecule has 0 unspecified atom stereocenters. The van der Waals surface area contributed by atoms with E-state index in [0.29, 0.717) is 5.41 Å². The van der Waals surface area contributed by atoms with Crippen molar-refractivity contribution < 1.29 is 0 Å². The third-order valence-electron chi connectivity index (χ3n) is 2.81. The summed E-state index contributed by atoms with van der Waals surface area (Å²) in [5.74, 6) is 0. The highest BCUT2D eigenvalue weighted by molar-refractivity contribution is 4.91. The quantitative estimate of drug-likeness (QED) is 0.567. The minimum absolute atomic E-state index is 0.395. The summed E-state index contributed by atoms with van der Waals surface area (Å²) in [6.07, 6.45) is 8.66. The van der Waals surface area contributed by atoms with E-state index in [4.69, 9.17) is 0 Å². The largest absolute Gasteiger partial charge is 0.320 e. The van der Waals surface area contributed by atoms with E-state index < -0.39 is 0 Å². The van der Waals surface area contributed by atoms with Crippen LogP contribution in [-0.2, 0) is 0 Å². The molecule has 0 heterocycles. The van der Waals surface area contributed by atoms with Crippen LogP contribution in [0.1, 0.15) is 32.6 Å². The summed E-state index contributed by atoms with van der Waals surface area (Å²) in [6.45, 7) is 11.0. The molecule has 0 aromatic carbocycles. The molecule has 0 atom stereocenters. The second kappa shape index (κ2) is 6.90. The van der Waals surface area contributed by atoms with Gasteiger partial charge in [0.15, 0.2) is 0 Å². The van der Waals surface area contributed by atoms with Crippen LogP contribution in [-0.4, -0.2) is 13.6 Å². The molecule has 0 bridgehead atoms. The van der Waals surface area contributed by atoms with Crippen LogP contribution in [0.25, 0.3) is 0 Å². The van der Waals surface area contributed by atoms with Crippen molar-refractivity contribution in [2.75, 3.05) is 13.6 Å². The zero-order chi connectivity index (χ0) is 10.2. The molecule has 0 fully saturated rings. The van der Waals surface area contributed by atoms with E-state index in [0.717, 1.165) is 19.4 Å². The Balaban J connectivity index is 4.23. The van der Waals surface area contributed by atoms with E-state index >= 15 is 0 Å². The Bertz CT molecular complexity index is 139. The minimum atomic E-state index is 0.395. The van der Waals surface area contributed by atoms with Gasteiger partial charge in [0, 0.05) is 0 Å². The summed E-state index contributed by atoms with van der Waals surface area (Å²) in [4.78, 5) is 0. The third-order valence-corrected chi connectivity index (χ3v) is 2.81. The predicted octanol–water partition coefficient (Wildman–Crippen LogP) is 3.14. The van der Waals surface area contributed by atoms with Crippen molar-refractivity contribution in [2.24, 2.45) is 5.41 Å². The Labute approximate surface area is 82.9 Å². The van der Waals surface area contributed by atoms with Crippen LogP contribution in [0.15, 0.2) is 25.3 Å². The second-order valence-electron chi connectivity index (χ2n) is 3.69. The summed E-state index contributed by atoms with van der Waals surface area (Å²) in [5, 5.41) is 3.21. The molecule has 0 aromatic heterocycles. The van der Waals surface area contributed by atoms with Gasteiger partial charge >= 0.3 is 0 Å². The molecule has 76 valence electrons. The number of hydrogen-bond acceptors (Lipinski definition) is 1. The smallest absolute Gasteiger partial charge is 0.00464 e. The van der Waals surface area contributed by atoms with Gasteiger partial charge in [-0.3, -0.25) is 0 Å². The number of hydrogen-bond donors (Lipinski definition) is 1. The number of nitrogens with one attached hydrogen (secondary N) is 1. The first-order valence-electron chi connectivity index (χ1n) is 5.11. The van der Waals surface area contributed by atoms with Crippen molar-refractivity contribution >= 4 is 0 Å². The molecule has 1 heteroatoms. The van der Waals surface area contributed by atoms with Gasteiger partial charge in [-0.05, 0) is 44.7 Å². The Kier molecular flexibility index (Phi) is 6.61. The first kappa shape index (κ1) is 12.4. The molecule has 0 aliphatic rings. The van der Waals surface area contributed by atoms with Crippen molar-refractivity contribution in [3.05, 3.63) is 25.3 Å². The lowest BCUT2D eigenvalue weighted by Gasteiger charge is -2.30. The predicted molar refractivity (Wildman–Crippen MR) is 60.9 cm³/mol. The highest BCUT2D eigenvalue weighted by Gasteiger charge is 2.24. The van der Waals surface area contributed by atoms with Crippen molar-refractivity contribution in [3.63, 3.8) is 0 Å². The van der Waals surface area contributed by atoms with Crippen LogP contribution in [0.3, 0.4) is 0 Å². The lowest BCUT2D eigenvalue weighted by atomic mass is 9.76. The van der Waals surface area contributed by atoms with Gasteiger partial charge in [-0.2, -0.15) is 0 Å². The molecule has 1 nitrogen and oxygen atoms in total. The highest BCUT2D eigenvalue weighted by Crippen LogP contribution is 2.34. The average molecular weight is 181 g/mol. The molecule has 0 saturated heterocycles. The van der Waals surface area contributed by atoms with Gasteiger partial charge in [-0.25, -0.2) is 0 Å². The fourth-order valence-corrected chi connectivity index (χ4v) is 1.76. The minimum Gasteiger partial charge on any atom is -0.320 e. The Morgan fingerprint density at radius 1 is 1.23 bits per heavy atom. The van der Waals surface area contributed by atoms with E-state index in [9.17, 15) is 0 Å². The van der Waals surface area contributed by atoms with Crippen LogP contribution in [0.4, 0.5) is 0 Å². The first-order valence-corrected chi connectivity index (χ1v) is 5.11. The van der Waals surface area contributed by atoms with Crippen LogP contribution in [0, 0.1) is 5.41 Å². The SMILES string of the molecule is C=CCC(CC)(CC=C)CCNC. The molecule has 0 radical (unpaired) electrons. The summed E-state index contributed by atoms with van der Waals surface area (Å²) >= 11 is 0. The van der Waals surface area contributed by atoms with Gasteiger partial charge < -0.3 is 5.32 Å². The zero-order valence-electron chi connectivity index (χ0n) is 9.10. The Hall–Kier alpha value is -0.560. The molecule has 13 heavy (non-hydrogen) atoms. The van der Waals surface area contributed by atoms with Crippen molar-refractivity contribution in [1.82, 2.24) is 5.32 Å². The maximum atomic E-state index is 3.83. The van der Waals surface area contributed by atoms with Crippen molar-refractivity contribution in [1.29, 1.82) is 0 Å². The third kappa shape index (κ3) is 4.28. The first-order chi connectivity index (χ1) is 6.24. The van der Waals surface area contributed by atoms with Crippen LogP contribution in [0.2, 0.25) is 0 Å². The zero-order valence-corrected chi connectivity index (χ0v) is 9.10. The molecular weight excluding hydrogens is 158 g/mol. The standard InChI is InChI=1S/C12H23N/c1-5-8-12(7-3,9-6-2)10-11-13-4/h5-6,13H,1-2,7-11H2,3-4H3. The average Bonchev–Trinajstić information content (AvgIpc) is 2.15. The van der Waals surface area contributed by atoms with Crippen LogP contribution >= 0.6 is 0 Å². The van der Waals surface area contributed by atoms with Gasteiger partial charge in [-0.1, -0.05) is 19.1 Å². The van der Waals surface area contributed by atoms with Gasteiger partial charge in [0.2, 0.25) is 0 Å². The molecule has 1 N–H and O–H groups in total. The van der Waals surface area contributed by atoms with Gasteiger partial charge in [-0.15, -0.1) is 13.2 Å². The molecule has 0 rings (SSSR count). The molecule has 0 saturated carbocycles. The highest BCUT2D eigenvalue weighted by atomic mass is 14.8. The summed E-state index contributed by atoms with van der Waals surface area (Å²) in [6, 6.07) is 0. The lowest BCUT2D eigenvalue weighted by Crippen LogP contribution is -2.24. The lowest BCUT2D eigenvalue weighted by molar-refractivity contribution is 0.256. The fraction of sp³-hybridized carbons (Fsp3) is 0.667. The van der Waals surface area contributed by atoms with E-state index in [1.54, 1.807) is 0 Å². The van der Waals surface area contributed by atoms with Crippen molar-refractivity contribution in [3.8, 4) is 0 Å². The van der Waals surface area contributed by atoms with E-state index in [2.05, 4.69) is 25.4 Å². The van der Waals surface area contributed by atoms with Crippen LogP contribution < -0.4 is 5.32 Å². The molecular formula is C12H23N. The number of allylic oxidation sites excluding steroid dienone is 2. The topological polar surface area (TPSA) is 12.0 Å². The molecule has 0 amide bonds. The fourth-order valence-electron chi connectivity index (χ4n) is 1.76. The molecule has 0 spiro atoms. The van der Waals surface area contributed by atoms with E-state index in [1.165, 1.54) is 12.8 Å². The molecule has 0 aromatic rings. The van der Waals surface area contributed by atoms with Crippen molar-refractivity contribution in [2.45, 2.75) is 32.6 Å². The van der Waals surface area contributed by atoms with E-state index in [1.807, 2.05) is 19.2 Å².